The van der Waals surface area contributed by atoms with Crippen molar-refractivity contribution in [3.05, 3.63) is 29.8 Å². The molecule has 0 aliphatic heterocycles. The molecule has 18 heavy (non-hydrogen) atoms. The first-order valence-corrected chi connectivity index (χ1v) is 6.20. The lowest BCUT2D eigenvalue weighted by atomic mass is 10.1. The molecule has 0 saturated carbocycles. The van der Waals surface area contributed by atoms with E-state index < -0.39 is 0 Å². The smallest absolute Gasteiger partial charge is 0.189 e. The zero-order valence-corrected chi connectivity index (χ0v) is 11.7. The van der Waals surface area contributed by atoms with Crippen LogP contribution in [0.1, 0.15) is 33.3 Å². The highest BCUT2D eigenvalue weighted by atomic mass is 16.5. The molecule has 1 rings (SSSR count). The Balaban J connectivity index is 2.62. The molecule has 4 nitrogen and oxygen atoms in total. The summed E-state index contributed by atoms with van der Waals surface area (Å²) in [6.07, 6.45) is 0. The number of nitrogens with one attached hydrogen (secondary N) is 1. The maximum Gasteiger partial charge on any atom is 0.189 e. The van der Waals surface area contributed by atoms with Crippen LogP contribution >= 0.6 is 0 Å². The number of benzene rings is 1. The van der Waals surface area contributed by atoms with Gasteiger partial charge < -0.3 is 15.8 Å². The van der Waals surface area contributed by atoms with Gasteiger partial charge in [-0.15, -0.1) is 0 Å². The van der Waals surface area contributed by atoms with Crippen LogP contribution in [0.3, 0.4) is 0 Å². The Hall–Kier alpha value is -1.71. The number of ether oxygens (including phenoxy) is 1. The van der Waals surface area contributed by atoms with Gasteiger partial charge in [0.2, 0.25) is 0 Å². The third kappa shape index (κ3) is 5.57. The molecule has 1 aromatic rings. The Morgan fingerprint density at radius 1 is 1.39 bits per heavy atom. The van der Waals surface area contributed by atoms with Gasteiger partial charge in [0, 0.05) is 5.54 Å². The maximum atomic E-state index is 5.81. The number of aliphatic imine (C=N–C) groups is 1. The minimum atomic E-state index is -0.0687. The Morgan fingerprint density at radius 2 is 2.11 bits per heavy atom. The molecule has 0 radical (unpaired) electrons. The van der Waals surface area contributed by atoms with Crippen molar-refractivity contribution in [2.75, 3.05) is 6.61 Å². The SMILES string of the molecule is CCOc1cccc(CN=C(N)NC(C)(C)C)c1. The molecule has 0 fully saturated rings. The fourth-order valence-electron chi connectivity index (χ4n) is 1.50. The highest BCUT2D eigenvalue weighted by Crippen LogP contribution is 2.13. The summed E-state index contributed by atoms with van der Waals surface area (Å²) < 4.78 is 5.44. The summed E-state index contributed by atoms with van der Waals surface area (Å²) in [7, 11) is 0. The van der Waals surface area contributed by atoms with E-state index >= 15 is 0 Å². The van der Waals surface area contributed by atoms with Crippen LogP contribution in [0.15, 0.2) is 29.3 Å². The molecule has 0 aromatic heterocycles. The van der Waals surface area contributed by atoms with E-state index in [-0.39, 0.29) is 5.54 Å². The average Bonchev–Trinajstić information content (AvgIpc) is 2.25. The molecule has 0 aliphatic rings. The summed E-state index contributed by atoms with van der Waals surface area (Å²) >= 11 is 0. The molecular weight excluding hydrogens is 226 g/mol. The van der Waals surface area contributed by atoms with Crippen molar-refractivity contribution in [1.29, 1.82) is 0 Å². The largest absolute Gasteiger partial charge is 0.494 e. The average molecular weight is 249 g/mol. The number of rotatable bonds is 4. The molecule has 0 unspecified atom stereocenters. The van der Waals surface area contributed by atoms with Crippen molar-refractivity contribution in [1.82, 2.24) is 5.32 Å². The van der Waals surface area contributed by atoms with Crippen molar-refractivity contribution in [3.63, 3.8) is 0 Å². The molecule has 0 atom stereocenters. The van der Waals surface area contributed by atoms with Crippen LogP contribution in [0.2, 0.25) is 0 Å². The van der Waals surface area contributed by atoms with E-state index in [1.165, 1.54) is 0 Å². The van der Waals surface area contributed by atoms with Crippen molar-refractivity contribution in [3.8, 4) is 5.75 Å². The molecule has 0 aliphatic carbocycles. The van der Waals surface area contributed by atoms with Crippen molar-refractivity contribution in [2.24, 2.45) is 10.7 Å². The van der Waals surface area contributed by atoms with Crippen LogP contribution in [0.5, 0.6) is 5.75 Å². The van der Waals surface area contributed by atoms with Gasteiger partial charge in [0.1, 0.15) is 5.75 Å². The van der Waals surface area contributed by atoms with Gasteiger partial charge in [0.25, 0.3) is 0 Å². The van der Waals surface area contributed by atoms with Crippen LogP contribution in [-0.4, -0.2) is 18.1 Å². The fourth-order valence-corrected chi connectivity index (χ4v) is 1.50. The normalized spacial score (nSPS) is 12.3. The van der Waals surface area contributed by atoms with E-state index in [0.717, 1.165) is 11.3 Å². The number of hydrogen-bond acceptors (Lipinski definition) is 2. The van der Waals surface area contributed by atoms with Gasteiger partial charge >= 0.3 is 0 Å². The summed E-state index contributed by atoms with van der Waals surface area (Å²) in [6.45, 7) is 9.33. The minimum Gasteiger partial charge on any atom is -0.494 e. The van der Waals surface area contributed by atoms with Crippen molar-refractivity contribution < 1.29 is 4.74 Å². The zero-order chi connectivity index (χ0) is 13.6. The second-order valence-corrected chi connectivity index (χ2v) is 5.16. The molecular formula is C14H23N3O. The topological polar surface area (TPSA) is 59.6 Å². The van der Waals surface area contributed by atoms with E-state index in [9.17, 15) is 0 Å². The Morgan fingerprint density at radius 3 is 2.72 bits per heavy atom. The molecule has 0 bridgehead atoms. The van der Waals surface area contributed by atoms with Crippen LogP contribution in [0, 0.1) is 0 Å². The molecule has 0 amide bonds. The van der Waals surface area contributed by atoms with Crippen LogP contribution in [0.25, 0.3) is 0 Å². The minimum absolute atomic E-state index is 0.0687. The van der Waals surface area contributed by atoms with Crippen molar-refractivity contribution in [2.45, 2.75) is 39.8 Å². The lowest BCUT2D eigenvalue weighted by Crippen LogP contribution is -2.44. The monoisotopic (exact) mass is 249 g/mol. The third-order valence-electron chi connectivity index (χ3n) is 2.14. The van der Waals surface area contributed by atoms with Gasteiger partial charge in [-0.3, -0.25) is 0 Å². The number of guanidine groups is 1. The highest BCUT2D eigenvalue weighted by molar-refractivity contribution is 5.78. The lowest BCUT2D eigenvalue weighted by Gasteiger charge is -2.21. The highest BCUT2D eigenvalue weighted by Gasteiger charge is 2.09. The van der Waals surface area contributed by atoms with E-state index in [1.807, 2.05) is 52.0 Å². The summed E-state index contributed by atoms with van der Waals surface area (Å²) in [5, 5.41) is 3.13. The van der Waals surface area contributed by atoms with Gasteiger partial charge in [0.15, 0.2) is 5.96 Å². The van der Waals surface area contributed by atoms with E-state index in [2.05, 4.69) is 10.3 Å². The van der Waals surface area contributed by atoms with Gasteiger partial charge in [-0.2, -0.15) is 0 Å². The molecule has 1 aromatic carbocycles. The van der Waals surface area contributed by atoms with Crippen molar-refractivity contribution >= 4 is 5.96 Å². The maximum absolute atomic E-state index is 5.81. The zero-order valence-electron chi connectivity index (χ0n) is 11.7. The van der Waals surface area contributed by atoms with Crippen LogP contribution in [-0.2, 0) is 6.54 Å². The van der Waals surface area contributed by atoms with Gasteiger partial charge in [0.05, 0.1) is 13.2 Å². The fraction of sp³-hybridized carbons (Fsp3) is 0.500. The summed E-state index contributed by atoms with van der Waals surface area (Å²) in [5.41, 5.74) is 6.83. The lowest BCUT2D eigenvalue weighted by molar-refractivity contribution is 0.340. The molecule has 0 heterocycles. The Bertz CT molecular complexity index is 408. The molecule has 3 N–H and O–H groups in total. The van der Waals surface area contributed by atoms with Gasteiger partial charge in [-0.1, -0.05) is 12.1 Å². The second-order valence-electron chi connectivity index (χ2n) is 5.16. The predicted molar refractivity (Wildman–Crippen MR) is 75.8 cm³/mol. The first-order valence-electron chi connectivity index (χ1n) is 6.20. The number of nitrogens with two attached hydrogens (primary N) is 1. The van der Waals surface area contributed by atoms with Crippen LogP contribution in [0.4, 0.5) is 0 Å². The first-order chi connectivity index (χ1) is 8.40. The number of hydrogen-bond donors (Lipinski definition) is 2. The Kier molecular flexibility index (Phi) is 5.01. The van der Waals surface area contributed by atoms with E-state index in [0.29, 0.717) is 19.1 Å². The first kappa shape index (κ1) is 14.4. The third-order valence-corrected chi connectivity index (χ3v) is 2.14. The molecule has 0 spiro atoms. The summed E-state index contributed by atoms with van der Waals surface area (Å²) in [6, 6.07) is 7.89. The molecule has 100 valence electrons. The van der Waals surface area contributed by atoms with E-state index in [4.69, 9.17) is 10.5 Å². The Labute approximate surface area is 109 Å². The van der Waals surface area contributed by atoms with Gasteiger partial charge in [-0.25, -0.2) is 4.99 Å². The summed E-state index contributed by atoms with van der Waals surface area (Å²) in [4.78, 5) is 4.31. The van der Waals surface area contributed by atoms with Crippen LogP contribution < -0.4 is 15.8 Å². The molecule has 0 saturated heterocycles. The second kappa shape index (κ2) is 6.28. The summed E-state index contributed by atoms with van der Waals surface area (Å²) in [5.74, 6) is 1.33. The predicted octanol–water partition coefficient (Wildman–Crippen LogP) is 2.29. The quantitative estimate of drug-likeness (QED) is 0.636. The van der Waals surface area contributed by atoms with Gasteiger partial charge in [-0.05, 0) is 45.4 Å². The molecule has 4 heteroatoms. The standard InChI is InChI=1S/C14H23N3O/c1-5-18-12-8-6-7-11(9-12)10-16-13(15)17-14(2,3)4/h6-9H,5,10H2,1-4H3,(H3,15,16,17). The van der Waals surface area contributed by atoms with E-state index in [1.54, 1.807) is 0 Å². The number of nitrogens with zero attached hydrogens (tertiary/aromatic N) is 1.